The topological polar surface area (TPSA) is 63.4 Å². The number of nitrogen functional groups attached to an aromatic ring is 1. The third kappa shape index (κ3) is 2.81. The van der Waals surface area contributed by atoms with E-state index in [9.17, 15) is 12.8 Å². The second kappa shape index (κ2) is 5.33. The van der Waals surface area contributed by atoms with Crippen molar-refractivity contribution in [1.29, 1.82) is 0 Å². The molecule has 3 unspecified atom stereocenters. The van der Waals surface area contributed by atoms with Gasteiger partial charge in [0.2, 0.25) is 10.0 Å². The van der Waals surface area contributed by atoms with Crippen LogP contribution in [0.5, 0.6) is 0 Å². The first-order chi connectivity index (χ1) is 9.21. The summed E-state index contributed by atoms with van der Waals surface area (Å²) < 4.78 is 40.3. The molecule has 1 aromatic rings. The van der Waals surface area contributed by atoms with Crippen LogP contribution in [-0.2, 0) is 10.0 Å². The van der Waals surface area contributed by atoms with Crippen LogP contribution in [0.15, 0.2) is 23.1 Å². The quantitative estimate of drug-likeness (QED) is 0.853. The molecule has 112 valence electrons. The monoisotopic (exact) mass is 300 g/mol. The maximum absolute atomic E-state index is 13.4. The van der Waals surface area contributed by atoms with Gasteiger partial charge in [-0.1, -0.05) is 13.8 Å². The van der Waals surface area contributed by atoms with Gasteiger partial charge in [-0.15, -0.1) is 0 Å². The molecule has 1 saturated heterocycles. The molecule has 6 heteroatoms. The van der Waals surface area contributed by atoms with Crippen LogP contribution < -0.4 is 5.73 Å². The Morgan fingerprint density at radius 3 is 2.50 bits per heavy atom. The normalized spacial score (nSPS) is 28.5. The summed E-state index contributed by atoms with van der Waals surface area (Å²) in [6, 6.07) is 3.36. The molecule has 4 nitrogen and oxygen atoms in total. The van der Waals surface area contributed by atoms with Gasteiger partial charge < -0.3 is 5.73 Å². The van der Waals surface area contributed by atoms with E-state index >= 15 is 0 Å². The average molecular weight is 300 g/mol. The lowest BCUT2D eigenvalue weighted by Gasteiger charge is -2.40. The van der Waals surface area contributed by atoms with E-state index in [-0.39, 0.29) is 22.5 Å². The fraction of sp³-hybridized carbons (Fsp3) is 0.571. The molecule has 0 radical (unpaired) electrons. The molecule has 1 fully saturated rings. The van der Waals surface area contributed by atoms with E-state index < -0.39 is 15.8 Å². The number of hydrogen-bond acceptors (Lipinski definition) is 3. The van der Waals surface area contributed by atoms with E-state index in [2.05, 4.69) is 0 Å². The van der Waals surface area contributed by atoms with Crippen LogP contribution in [0, 0.1) is 17.7 Å². The minimum Gasteiger partial charge on any atom is -0.399 e. The number of rotatable bonds is 2. The molecule has 0 amide bonds. The summed E-state index contributed by atoms with van der Waals surface area (Å²) in [5.41, 5.74) is 5.67. The summed E-state index contributed by atoms with van der Waals surface area (Å²) in [6.07, 6.45) is 0.998. The van der Waals surface area contributed by atoms with E-state index in [0.717, 1.165) is 18.6 Å². The number of sulfonamides is 1. The van der Waals surface area contributed by atoms with Crippen molar-refractivity contribution in [3.8, 4) is 0 Å². The minimum atomic E-state index is -3.71. The Morgan fingerprint density at radius 1 is 1.25 bits per heavy atom. The molecule has 0 spiro atoms. The van der Waals surface area contributed by atoms with E-state index in [4.69, 9.17) is 5.73 Å². The fourth-order valence-electron chi connectivity index (χ4n) is 2.85. The first kappa shape index (κ1) is 15.3. The fourth-order valence-corrected chi connectivity index (χ4v) is 4.76. The van der Waals surface area contributed by atoms with Crippen molar-refractivity contribution in [2.24, 2.45) is 11.8 Å². The third-order valence-corrected chi connectivity index (χ3v) is 5.97. The van der Waals surface area contributed by atoms with Gasteiger partial charge in [0.05, 0.1) is 4.90 Å². The van der Waals surface area contributed by atoms with Gasteiger partial charge in [-0.3, -0.25) is 0 Å². The zero-order chi connectivity index (χ0) is 15.1. The van der Waals surface area contributed by atoms with Gasteiger partial charge in [0, 0.05) is 18.3 Å². The first-order valence-corrected chi connectivity index (χ1v) is 8.23. The lowest BCUT2D eigenvalue weighted by molar-refractivity contribution is 0.157. The Balaban J connectivity index is 2.43. The van der Waals surface area contributed by atoms with Crippen molar-refractivity contribution >= 4 is 15.7 Å². The number of piperidine rings is 1. The van der Waals surface area contributed by atoms with Crippen LogP contribution in [0.2, 0.25) is 0 Å². The van der Waals surface area contributed by atoms with Crippen LogP contribution in [0.4, 0.5) is 10.1 Å². The number of nitrogens with zero attached hydrogens (tertiary/aromatic N) is 1. The molecule has 1 aliphatic rings. The van der Waals surface area contributed by atoms with Gasteiger partial charge >= 0.3 is 0 Å². The van der Waals surface area contributed by atoms with Crippen molar-refractivity contribution in [3.63, 3.8) is 0 Å². The minimum absolute atomic E-state index is 0.0665. The van der Waals surface area contributed by atoms with Crippen LogP contribution in [0.1, 0.15) is 27.2 Å². The number of halogens is 1. The number of anilines is 1. The van der Waals surface area contributed by atoms with Gasteiger partial charge in [0.25, 0.3) is 0 Å². The second-order valence-electron chi connectivity index (χ2n) is 5.85. The molecular weight excluding hydrogens is 279 g/mol. The molecule has 0 saturated carbocycles. The molecule has 3 atom stereocenters. The van der Waals surface area contributed by atoms with Crippen LogP contribution >= 0.6 is 0 Å². The summed E-state index contributed by atoms with van der Waals surface area (Å²) in [5, 5.41) is 0. The van der Waals surface area contributed by atoms with E-state index in [1.165, 1.54) is 10.4 Å². The van der Waals surface area contributed by atoms with Gasteiger partial charge in [-0.2, -0.15) is 4.31 Å². The summed E-state index contributed by atoms with van der Waals surface area (Å²) >= 11 is 0. The van der Waals surface area contributed by atoms with Crippen LogP contribution in [0.25, 0.3) is 0 Å². The van der Waals surface area contributed by atoms with Crippen molar-refractivity contribution in [1.82, 2.24) is 4.31 Å². The summed E-state index contributed by atoms with van der Waals surface area (Å²) in [4.78, 5) is -0.0665. The molecular formula is C14H21FN2O2S. The van der Waals surface area contributed by atoms with Crippen LogP contribution in [-0.4, -0.2) is 25.3 Å². The number of hydrogen-bond donors (Lipinski definition) is 1. The Morgan fingerprint density at radius 2 is 1.90 bits per heavy atom. The van der Waals surface area contributed by atoms with Gasteiger partial charge in [-0.05, 0) is 43.4 Å². The molecule has 1 aliphatic heterocycles. The van der Waals surface area contributed by atoms with Crippen molar-refractivity contribution in [2.45, 2.75) is 38.1 Å². The highest BCUT2D eigenvalue weighted by molar-refractivity contribution is 7.89. The maximum atomic E-state index is 13.4. The average Bonchev–Trinajstić information content (AvgIpc) is 2.32. The van der Waals surface area contributed by atoms with Crippen molar-refractivity contribution in [2.75, 3.05) is 12.3 Å². The predicted molar refractivity (Wildman–Crippen MR) is 77.1 cm³/mol. The smallest absolute Gasteiger partial charge is 0.243 e. The molecule has 1 aromatic carbocycles. The maximum Gasteiger partial charge on any atom is 0.243 e. The summed E-state index contributed by atoms with van der Waals surface area (Å²) in [7, 11) is -3.71. The van der Waals surface area contributed by atoms with Gasteiger partial charge in [0.15, 0.2) is 0 Å². The highest BCUT2D eigenvalue weighted by Crippen LogP contribution is 2.32. The second-order valence-corrected chi connectivity index (χ2v) is 7.74. The van der Waals surface area contributed by atoms with E-state index in [1.54, 1.807) is 0 Å². The highest BCUT2D eigenvalue weighted by Gasteiger charge is 2.37. The molecule has 0 aliphatic carbocycles. The van der Waals surface area contributed by atoms with E-state index in [1.807, 2.05) is 20.8 Å². The largest absolute Gasteiger partial charge is 0.399 e. The Bertz CT molecular complexity index is 583. The molecule has 0 aromatic heterocycles. The molecule has 20 heavy (non-hydrogen) atoms. The summed E-state index contributed by atoms with van der Waals surface area (Å²) in [5.74, 6) is -0.0596. The highest BCUT2D eigenvalue weighted by atomic mass is 32.2. The Labute approximate surface area is 119 Å². The lowest BCUT2D eigenvalue weighted by Crippen LogP contribution is -2.48. The standard InChI is InChI=1S/C14H21FN2O2S/c1-9-4-10(2)11(3)17(8-9)20(18,19)14-6-12(15)5-13(16)7-14/h5-7,9-11H,4,8,16H2,1-3H3. The van der Waals surface area contributed by atoms with Crippen LogP contribution in [0.3, 0.4) is 0 Å². The van der Waals surface area contributed by atoms with Crippen molar-refractivity contribution in [3.05, 3.63) is 24.0 Å². The predicted octanol–water partition coefficient (Wildman–Crippen LogP) is 2.46. The zero-order valence-corrected chi connectivity index (χ0v) is 12.8. The third-order valence-electron chi connectivity index (χ3n) is 4.04. The SMILES string of the molecule is CC1CC(C)C(C)N(S(=O)(=O)c2cc(N)cc(F)c2)C1. The number of nitrogens with two attached hydrogens (primary N) is 1. The number of benzene rings is 1. The molecule has 2 rings (SSSR count). The van der Waals surface area contributed by atoms with E-state index in [0.29, 0.717) is 12.5 Å². The molecule has 0 bridgehead atoms. The molecule has 1 heterocycles. The van der Waals surface area contributed by atoms with Gasteiger partial charge in [-0.25, -0.2) is 12.8 Å². The first-order valence-electron chi connectivity index (χ1n) is 6.79. The lowest BCUT2D eigenvalue weighted by atomic mass is 9.88. The molecule has 2 N–H and O–H groups in total. The van der Waals surface area contributed by atoms with Gasteiger partial charge in [0.1, 0.15) is 5.82 Å². The Kier molecular flexibility index (Phi) is 4.07. The zero-order valence-electron chi connectivity index (χ0n) is 12.0. The Hall–Kier alpha value is -1.14. The van der Waals surface area contributed by atoms with Crippen molar-refractivity contribution < 1.29 is 12.8 Å². The summed E-state index contributed by atoms with van der Waals surface area (Å²) in [6.45, 7) is 6.44.